The number of fused-ring (bicyclic) bond motifs is 2. The van der Waals surface area contributed by atoms with Crippen LogP contribution >= 0.6 is 11.8 Å². The van der Waals surface area contributed by atoms with Crippen LogP contribution in [0.3, 0.4) is 0 Å². The van der Waals surface area contributed by atoms with Gasteiger partial charge in [0.25, 0.3) is 5.56 Å². The summed E-state index contributed by atoms with van der Waals surface area (Å²) >= 11 is 1.38. The van der Waals surface area contributed by atoms with E-state index in [1.807, 2.05) is 61.2 Å². The van der Waals surface area contributed by atoms with E-state index < -0.39 is 0 Å². The fraction of sp³-hybridized carbons (Fsp3) is 0.375. The van der Waals surface area contributed by atoms with E-state index in [4.69, 9.17) is 4.98 Å². The molecule has 5 nitrogen and oxygen atoms in total. The maximum Gasteiger partial charge on any atom is 0.262 e. The van der Waals surface area contributed by atoms with Crippen LogP contribution in [0.15, 0.2) is 58.5 Å². The van der Waals surface area contributed by atoms with Crippen LogP contribution in [0.5, 0.6) is 0 Å². The second-order valence-corrected chi connectivity index (χ2v) is 9.30. The van der Waals surface area contributed by atoms with E-state index in [9.17, 15) is 9.59 Å². The molecule has 1 aliphatic heterocycles. The summed E-state index contributed by atoms with van der Waals surface area (Å²) in [7, 11) is 0. The molecule has 0 saturated heterocycles. The summed E-state index contributed by atoms with van der Waals surface area (Å²) in [5.41, 5.74) is 2.82. The average molecular weight is 422 g/mol. The first kappa shape index (κ1) is 20.7. The molecular weight excluding hydrogens is 394 g/mol. The first-order chi connectivity index (χ1) is 14.4. The topological polar surface area (TPSA) is 55.2 Å². The lowest BCUT2D eigenvalue weighted by Crippen LogP contribution is -2.40. The summed E-state index contributed by atoms with van der Waals surface area (Å²) in [6, 6.07) is 15.6. The van der Waals surface area contributed by atoms with Gasteiger partial charge < -0.3 is 4.90 Å². The van der Waals surface area contributed by atoms with Gasteiger partial charge in [-0.15, -0.1) is 0 Å². The molecule has 4 rings (SSSR count). The summed E-state index contributed by atoms with van der Waals surface area (Å²) in [6.07, 6.45) is 1.68. The molecule has 0 fully saturated rings. The van der Waals surface area contributed by atoms with E-state index in [1.165, 1.54) is 17.3 Å². The van der Waals surface area contributed by atoms with E-state index in [1.54, 1.807) is 4.57 Å². The first-order valence-corrected chi connectivity index (χ1v) is 11.4. The number of amides is 1. The second kappa shape index (κ2) is 8.26. The Labute approximate surface area is 181 Å². The van der Waals surface area contributed by atoms with Gasteiger partial charge in [-0.3, -0.25) is 14.2 Å². The normalized spacial score (nSPS) is 17.7. The molecule has 0 bridgehead atoms. The Morgan fingerprint density at radius 2 is 1.87 bits per heavy atom. The third-order valence-electron chi connectivity index (χ3n) is 5.88. The number of aromatic nitrogens is 2. The molecule has 0 saturated carbocycles. The minimum absolute atomic E-state index is 0.00541. The van der Waals surface area contributed by atoms with Gasteiger partial charge in [-0.05, 0) is 57.4 Å². The third kappa shape index (κ3) is 3.54. The quantitative estimate of drug-likeness (QED) is 0.438. The molecule has 6 heteroatoms. The highest BCUT2D eigenvalue weighted by molar-refractivity contribution is 8.00. The number of nitrogens with zero attached hydrogens (tertiary/aromatic N) is 3. The van der Waals surface area contributed by atoms with Crippen molar-refractivity contribution in [3.63, 3.8) is 0 Å². The Kier molecular flexibility index (Phi) is 5.69. The number of hydrogen-bond acceptors (Lipinski definition) is 4. The van der Waals surface area contributed by atoms with Crippen LogP contribution in [-0.4, -0.2) is 26.8 Å². The summed E-state index contributed by atoms with van der Waals surface area (Å²) in [5, 5.41) is 0.860. The highest BCUT2D eigenvalue weighted by Crippen LogP contribution is 2.35. The van der Waals surface area contributed by atoms with Crippen molar-refractivity contribution in [2.24, 2.45) is 0 Å². The SMILES string of the molecule is CC[C@@H](C)n1c(S[C@H](C)C(=O)N2c3ccccc3C[C@@H]2C)nc2ccccc2c1=O. The fourth-order valence-electron chi connectivity index (χ4n) is 4.09. The molecule has 1 aliphatic rings. The highest BCUT2D eigenvalue weighted by Gasteiger charge is 2.34. The molecule has 1 amide bonds. The first-order valence-electron chi connectivity index (χ1n) is 10.5. The predicted octanol–water partition coefficient (Wildman–Crippen LogP) is 4.83. The molecule has 2 heterocycles. The van der Waals surface area contributed by atoms with Gasteiger partial charge in [0.2, 0.25) is 5.91 Å². The summed E-state index contributed by atoms with van der Waals surface area (Å²) in [6.45, 7) is 8.06. The van der Waals surface area contributed by atoms with Gasteiger partial charge in [-0.1, -0.05) is 49.0 Å². The number of carbonyl (C=O) groups is 1. The fourth-order valence-corrected chi connectivity index (χ4v) is 5.14. The van der Waals surface area contributed by atoms with Gasteiger partial charge in [-0.25, -0.2) is 4.98 Å². The van der Waals surface area contributed by atoms with E-state index in [0.717, 1.165) is 18.5 Å². The van der Waals surface area contributed by atoms with Crippen LogP contribution < -0.4 is 10.5 Å². The van der Waals surface area contributed by atoms with E-state index in [0.29, 0.717) is 16.1 Å². The molecule has 30 heavy (non-hydrogen) atoms. The van der Waals surface area contributed by atoms with E-state index >= 15 is 0 Å². The van der Waals surface area contributed by atoms with Crippen LogP contribution in [0.25, 0.3) is 10.9 Å². The van der Waals surface area contributed by atoms with Gasteiger partial charge in [0.05, 0.1) is 16.2 Å². The molecular formula is C24H27N3O2S. The van der Waals surface area contributed by atoms with Crippen LogP contribution in [0, 0.1) is 0 Å². The average Bonchev–Trinajstić information content (AvgIpc) is 3.08. The second-order valence-electron chi connectivity index (χ2n) is 7.99. The van der Waals surface area contributed by atoms with Crippen molar-refractivity contribution in [3.05, 3.63) is 64.4 Å². The zero-order valence-corrected chi connectivity index (χ0v) is 18.6. The summed E-state index contributed by atoms with van der Waals surface area (Å²) in [5.74, 6) is 0.0514. The number of para-hydroxylation sites is 2. The molecule has 0 N–H and O–H groups in total. The molecule has 2 aromatic carbocycles. The Hall–Kier alpha value is -2.60. The van der Waals surface area contributed by atoms with Gasteiger partial charge in [0, 0.05) is 17.8 Å². The molecule has 0 aliphatic carbocycles. The summed E-state index contributed by atoms with van der Waals surface area (Å²) in [4.78, 5) is 33.3. The Morgan fingerprint density at radius 1 is 1.17 bits per heavy atom. The van der Waals surface area contributed by atoms with Crippen molar-refractivity contribution in [1.29, 1.82) is 0 Å². The molecule has 0 unspecified atom stereocenters. The van der Waals surface area contributed by atoms with Crippen LogP contribution in [0.1, 0.15) is 45.7 Å². The lowest BCUT2D eigenvalue weighted by atomic mass is 10.1. The zero-order valence-electron chi connectivity index (χ0n) is 17.8. The Balaban J connectivity index is 1.70. The lowest BCUT2D eigenvalue weighted by molar-refractivity contribution is -0.118. The largest absolute Gasteiger partial charge is 0.308 e. The minimum atomic E-state index is -0.359. The molecule has 3 atom stereocenters. The molecule has 1 aromatic heterocycles. The standard InChI is InChI=1S/C24H27N3O2S/c1-5-15(2)27-23(29)19-11-7-8-12-20(19)25-24(27)30-17(4)22(28)26-16(3)14-18-10-6-9-13-21(18)26/h6-13,15-17H,5,14H2,1-4H3/t15-,16+,17-/m1/s1. The predicted molar refractivity (Wildman–Crippen MR) is 123 cm³/mol. The number of thioether (sulfide) groups is 1. The van der Waals surface area contributed by atoms with Gasteiger partial charge in [0.15, 0.2) is 5.16 Å². The highest BCUT2D eigenvalue weighted by atomic mass is 32.2. The van der Waals surface area contributed by atoms with E-state index in [-0.39, 0.29) is 28.8 Å². The van der Waals surface area contributed by atoms with Crippen LogP contribution in [-0.2, 0) is 11.2 Å². The summed E-state index contributed by atoms with van der Waals surface area (Å²) < 4.78 is 1.75. The van der Waals surface area contributed by atoms with E-state index in [2.05, 4.69) is 19.9 Å². The molecule has 3 aromatic rings. The van der Waals surface area contributed by atoms with Crippen molar-refractivity contribution in [3.8, 4) is 0 Å². The van der Waals surface area contributed by atoms with Gasteiger partial charge in [-0.2, -0.15) is 0 Å². The van der Waals surface area contributed by atoms with Crippen LogP contribution in [0.2, 0.25) is 0 Å². The van der Waals surface area contributed by atoms with Gasteiger partial charge in [0.1, 0.15) is 0 Å². The van der Waals surface area contributed by atoms with Gasteiger partial charge >= 0.3 is 0 Å². The van der Waals surface area contributed by atoms with Crippen molar-refractivity contribution < 1.29 is 4.79 Å². The number of anilines is 1. The van der Waals surface area contributed by atoms with Crippen molar-refractivity contribution >= 4 is 34.3 Å². The zero-order chi connectivity index (χ0) is 21.4. The van der Waals surface area contributed by atoms with Crippen LogP contribution in [0.4, 0.5) is 5.69 Å². The molecule has 156 valence electrons. The molecule has 0 radical (unpaired) electrons. The number of benzene rings is 2. The lowest BCUT2D eigenvalue weighted by Gasteiger charge is -2.26. The smallest absolute Gasteiger partial charge is 0.262 e. The third-order valence-corrected chi connectivity index (χ3v) is 6.94. The van der Waals surface area contributed by atoms with Crippen molar-refractivity contribution in [2.45, 2.75) is 63.0 Å². The Morgan fingerprint density at radius 3 is 2.63 bits per heavy atom. The minimum Gasteiger partial charge on any atom is -0.308 e. The maximum atomic E-state index is 13.4. The monoisotopic (exact) mass is 421 g/mol. The number of carbonyl (C=O) groups excluding carboxylic acids is 1. The number of hydrogen-bond donors (Lipinski definition) is 0. The van der Waals surface area contributed by atoms with Crippen molar-refractivity contribution in [1.82, 2.24) is 9.55 Å². The molecule has 0 spiro atoms. The Bertz CT molecular complexity index is 1160. The maximum absolute atomic E-state index is 13.4. The van der Waals surface area contributed by atoms with Crippen molar-refractivity contribution in [2.75, 3.05) is 4.90 Å². The number of rotatable bonds is 5.